The fourth-order valence-electron chi connectivity index (χ4n) is 1.88. The zero-order chi connectivity index (χ0) is 13.1. The summed E-state index contributed by atoms with van der Waals surface area (Å²) in [7, 11) is 1.81. The van der Waals surface area contributed by atoms with Crippen molar-refractivity contribution in [2.45, 2.75) is 6.54 Å². The Bertz CT molecular complexity index is 520. The molecule has 0 aromatic heterocycles. The van der Waals surface area contributed by atoms with Crippen LogP contribution in [0, 0.1) is 5.82 Å². The van der Waals surface area contributed by atoms with Crippen molar-refractivity contribution in [3.05, 3.63) is 58.9 Å². The average molecular weight is 265 g/mol. The summed E-state index contributed by atoms with van der Waals surface area (Å²) in [4.78, 5) is 1.79. The van der Waals surface area contributed by atoms with E-state index in [9.17, 15) is 4.39 Å². The second-order valence-electron chi connectivity index (χ2n) is 4.16. The minimum Gasteiger partial charge on any atom is -0.397 e. The van der Waals surface area contributed by atoms with Gasteiger partial charge in [-0.05, 0) is 29.8 Å². The van der Waals surface area contributed by atoms with Crippen molar-refractivity contribution in [1.29, 1.82) is 0 Å². The van der Waals surface area contributed by atoms with Crippen LogP contribution in [0.1, 0.15) is 5.56 Å². The molecule has 2 rings (SSSR count). The number of hydrogen-bond donors (Lipinski definition) is 1. The van der Waals surface area contributed by atoms with E-state index in [4.69, 9.17) is 17.3 Å². The molecule has 0 spiro atoms. The Kier molecular flexibility index (Phi) is 3.72. The molecule has 18 heavy (non-hydrogen) atoms. The van der Waals surface area contributed by atoms with Gasteiger partial charge in [-0.2, -0.15) is 0 Å². The number of nitrogens with zero attached hydrogens (tertiary/aromatic N) is 1. The van der Waals surface area contributed by atoms with Gasteiger partial charge in [0.15, 0.2) is 0 Å². The van der Waals surface area contributed by atoms with Gasteiger partial charge in [-0.15, -0.1) is 0 Å². The van der Waals surface area contributed by atoms with Crippen molar-refractivity contribution >= 4 is 23.0 Å². The topological polar surface area (TPSA) is 29.3 Å². The summed E-state index contributed by atoms with van der Waals surface area (Å²) in [6, 6.07) is 12.2. The van der Waals surface area contributed by atoms with Crippen molar-refractivity contribution in [3.8, 4) is 0 Å². The van der Waals surface area contributed by atoms with Gasteiger partial charge in [-0.1, -0.05) is 29.8 Å². The molecule has 0 amide bonds. The highest BCUT2D eigenvalue weighted by atomic mass is 35.5. The molecule has 0 aliphatic rings. The predicted octanol–water partition coefficient (Wildman–Crippen LogP) is 3.70. The van der Waals surface area contributed by atoms with Gasteiger partial charge in [0, 0.05) is 18.6 Å². The smallest absolute Gasteiger partial charge is 0.148 e. The lowest BCUT2D eigenvalue weighted by atomic mass is 10.2. The Morgan fingerprint density at radius 1 is 1.17 bits per heavy atom. The first-order valence-corrected chi connectivity index (χ1v) is 5.95. The Balaban J connectivity index is 2.22. The van der Waals surface area contributed by atoms with Gasteiger partial charge in [0.05, 0.1) is 11.4 Å². The fourth-order valence-corrected chi connectivity index (χ4v) is 2.00. The molecule has 4 heteroatoms. The highest BCUT2D eigenvalue weighted by molar-refractivity contribution is 6.30. The molecule has 0 fully saturated rings. The summed E-state index contributed by atoms with van der Waals surface area (Å²) >= 11 is 5.82. The Morgan fingerprint density at radius 3 is 2.44 bits per heavy atom. The van der Waals surface area contributed by atoms with Gasteiger partial charge < -0.3 is 10.6 Å². The number of halogens is 2. The van der Waals surface area contributed by atoms with E-state index >= 15 is 0 Å². The van der Waals surface area contributed by atoms with Crippen LogP contribution in [0.25, 0.3) is 0 Å². The molecule has 0 heterocycles. The van der Waals surface area contributed by atoms with Gasteiger partial charge in [0.2, 0.25) is 0 Å². The quantitative estimate of drug-likeness (QED) is 0.857. The third-order valence-corrected chi connectivity index (χ3v) is 2.98. The number of anilines is 2. The lowest BCUT2D eigenvalue weighted by Crippen LogP contribution is -2.19. The lowest BCUT2D eigenvalue weighted by Gasteiger charge is -2.21. The highest BCUT2D eigenvalue weighted by Gasteiger charge is 2.11. The Hall–Kier alpha value is -1.74. The third kappa shape index (κ3) is 2.74. The molecular formula is C14H14ClFN2. The summed E-state index contributed by atoms with van der Waals surface area (Å²) in [5, 5.41) is 0.687. The van der Waals surface area contributed by atoms with Crippen LogP contribution in [0.5, 0.6) is 0 Å². The molecule has 0 aliphatic carbocycles. The number of rotatable bonds is 3. The zero-order valence-electron chi connectivity index (χ0n) is 10.0. The van der Waals surface area contributed by atoms with Crippen LogP contribution in [0.15, 0.2) is 42.5 Å². The van der Waals surface area contributed by atoms with Crippen molar-refractivity contribution in [2.75, 3.05) is 17.7 Å². The average Bonchev–Trinajstić information content (AvgIpc) is 2.32. The van der Waals surface area contributed by atoms with Gasteiger partial charge >= 0.3 is 0 Å². The van der Waals surface area contributed by atoms with E-state index in [1.165, 1.54) is 6.07 Å². The summed E-state index contributed by atoms with van der Waals surface area (Å²) in [6.45, 7) is 0.572. The Morgan fingerprint density at radius 2 is 1.83 bits per heavy atom. The van der Waals surface area contributed by atoms with Crippen LogP contribution in [-0.2, 0) is 6.54 Å². The molecule has 0 bridgehead atoms. The fraction of sp³-hybridized carbons (Fsp3) is 0.143. The normalized spacial score (nSPS) is 10.4. The summed E-state index contributed by atoms with van der Waals surface area (Å²) in [5.74, 6) is -0.313. The van der Waals surface area contributed by atoms with Crippen LogP contribution in [0.4, 0.5) is 15.8 Å². The number of hydrogen-bond acceptors (Lipinski definition) is 2. The minimum atomic E-state index is -0.313. The van der Waals surface area contributed by atoms with Crippen molar-refractivity contribution < 1.29 is 4.39 Å². The number of nitrogen functional groups attached to an aromatic ring is 1. The van der Waals surface area contributed by atoms with Crippen LogP contribution in [0.3, 0.4) is 0 Å². The number of nitrogens with two attached hydrogens (primary N) is 1. The van der Waals surface area contributed by atoms with Gasteiger partial charge in [-0.3, -0.25) is 0 Å². The standard InChI is InChI=1S/C14H14ClFN2/c1-18(9-10-5-7-11(15)8-6-10)14-12(16)3-2-4-13(14)17/h2-8H,9,17H2,1H3. The van der Waals surface area contributed by atoms with Crippen molar-refractivity contribution in [1.82, 2.24) is 0 Å². The van der Waals surface area contributed by atoms with Crippen LogP contribution >= 0.6 is 11.6 Å². The molecule has 0 unspecified atom stereocenters. The second-order valence-corrected chi connectivity index (χ2v) is 4.60. The summed E-state index contributed by atoms with van der Waals surface area (Å²) in [5.41, 5.74) is 7.70. The molecule has 0 saturated heterocycles. The molecule has 0 radical (unpaired) electrons. The maximum atomic E-state index is 13.7. The molecule has 94 valence electrons. The van der Waals surface area contributed by atoms with Gasteiger partial charge in [-0.25, -0.2) is 4.39 Å². The van der Waals surface area contributed by atoms with E-state index in [0.29, 0.717) is 22.9 Å². The molecule has 2 N–H and O–H groups in total. The highest BCUT2D eigenvalue weighted by Crippen LogP contribution is 2.26. The van der Waals surface area contributed by atoms with E-state index in [0.717, 1.165) is 5.56 Å². The number of para-hydroxylation sites is 1. The SMILES string of the molecule is CN(Cc1ccc(Cl)cc1)c1c(N)cccc1F. The van der Waals surface area contributed by atoms with E-state index in [-0.39, 0.29) is 5.82 Å². The van der Waals surface area contributed by atoms with E-state index < -0.39 is 0 Å². The van der Waals surface area contributed by atoms with Crippen LogP contribution in [0.2, 0.25) is 5.02 Å². The first-order chi connectivity index (χ1) is 8.58. The molecular weight excluding hydrogens is 251 g/mol. The first-order valence-electron chi connectivity index (χ1n) is 5.57. The monoisotopic (exact) mass is 264 g/mol. The zero-order valence-corrected chi connectivity index (χ0v) is 10.8. The minimum absolute atomic E-state index is 0.313. The number of benzene rings is 2. The predicted molar refractivity (Wildman–Crippen MR) is 74.4 cm³/mol. The van der Waals surface area contributed by atoms with Crippen LogP contribution < -0.4 is 10.6 Å². The van der Waals surface area contributed by atoms with E-state index in [1.54, 1.807) is 17.0 Å². The van der Waals surface area contributed by atoms with Crippen LogP contribution in [-0.4, -0.2) is 7.05 Å². The molecule has 2 nitrogen and oxygen atoms in total. The molecule has 0 atom stereocenters. The first kappa shape index (κ1) is 12.7. The molecule has 0 aliphatic heterocycles. The van der Waals surface area contributed by atoms with E-state index in [2.05, 4.69) is 0 Å². The van der Waals surface area contributed by atoms with E-state index in [1.807, 2.05) is 31.3 Å². The molecule has 2 aromatic rings. The van der Waals surface area contributed by atoms with Gasteiger partial charge in [0.1, 0.15) is 5.82 Å². The third-order valence-electron chi connectivity index (χ3n) is 2.73. The molecule has 2 aromatic carbocycles. The van der Waals surface area contributed by atoms with Gasteiger partial charge in [0.25, 0.3) is 0 Å². The maximum Gasteiger partial charge on any atom is 0.148 e. The summed E-state index contributed by atoms with van der Waals surface area (Å²) < 4.78 is 13.7. The largest absolute Gasteiger partial charge is 0.397 e. The Labute approximate surface area is 111 Å². The second kappa shape index (κ2) is 5.27. The van der Waals surface area contributed by atoms with Crippen molar-refractivity contribution in [2.24, 2.45) is 0 Å². The maximum absolute atomic E-state index is 13.7. The lowest BCUT2D eigenvalue weighted by molar-refractivity contribution is 0.623. The molecule has 0 saturated carbocycles. The summed E-state index contributed by atoms with van der Waals surface area (Å²) in [6.07, 6.45) is 0. The van der Waals surface area contributed by atoms with Crippen molar-refractivity contribution in [3.63, 3.8) is 0 Å².